The van der Waals surface area contributed by atoms with Gasteiger partial charge in [-0.05, 0) is 49.9 Å². The van der Waals surface area contributed by atoms with Crippen LogP contribution in [0.25, 0.3) is 10.9 Å². The molecule has 0 radical (unpaired) electrons. The first-order chi connectivity index (χ1) is 12.9. The number of hydrogen-bond acceptors (Lipinski definition) is 5. The molecular weight excluding hydrogens is 360 g/mol. The number of pyridine rings is 1. The van der Waals surface area contributed by atoms with Crippen LogP contribution in [-0.2, 0) is 9.53 Å². The molecule has 1 N–H and O–H groups in total. The topological polar surface area (TPSA) is 68.3 Å². The first-order valence-corrected chi connectivity index (χ1v) is 9.69. The summed E-state index contributed by atoms with van der Waals surface area (Å²) in [6, 6.07) is 12.7. The Kier molecular flexibility index (Phi) is 5.56. The van der Waals surface area contributed by atoms with E-state index in [2.05, 4.69) is 10.3 Å². The van der Waals surface area contributed by atoms with E-state index in [0.717, 1.165) is 17.3 Å². The fraction of sp³-hybridized carbons (Fsp3) is 0.286. The van der Waals surface area contributed by atoms with Crippen LogP contribution in [0, 0.1) is 0 Å². The summed E-state index contributed by atoms with van der Waals surface area (Å²) >= 11 is 1.28. The van der Waals surface area contributed by atoms with Gasteiger partial charge < -0.3 is 10.1 Å². The number of esters is 1. The summed E-state index contributed by atoms with van der Waals surface area (Å²) in [5.74, 6) is -0.847. The van der Waals surface area contributed by atoms with Gasteiger partial charge in [0, 0.05) is 22.7 Å². The number of nitrogens with one attached hydrogen (secondary N) is 1. The molecule has 1 unspecified atom stereocenters. The molecule has 0 spiro atoms. The molecule has 0 aliphatic heterocycles. The van der Waals surface area contributed by atoms with Crippen LogP contribution in [-0.4, -0.2) is 22.4 Å². The van der Waals surface area contributed by atoms with Gasteiger partial charge in [-0.2, -0.15) is 0 Å². The van der Waals surface area contributed by atoms with Crippen LogP contribution in [0.5, 0.6) is 0 Å². The van der Waals surface area contributed by atoms with E-state index in [4.69, 9.17) is 4.74 Å². The number of amides is 1. The van der Waals surface area contributed by atoms with Gasteiger partial charge in [-0.15, -0.1) is 11.3 Å². The van der Waals surface area contributed by atoms with Crippen LogP contribution in [0.4, 0.5) is 0 Å². The van der Waals surface area contributed by atoms with Crippen molar-refractivity contribution in [1.82, 2.24) is 10.3 Å². The Hall–Kier alpha value is -2.73. The summed E-state index contributed by atoms with van der Waals surface area (Å²) in [6.45, 7) is 5.87. The molecule has 3 rings (SSSR count). The summed E-state index contributed by atoms with van der Waals surface area (Å²) in [4.78, 5) is 30.2. The number of carbonyl (C=O) groups is 2. The quantitative estimate of drug-likeness (QED) is 0.638. The smallest absolute Gasteiger partial charge is 0.349 e. The van der Waals surface area contributed by atoms with Gasteiger partial charge in [0.2, 0.25) is 6.10 Å². The Labute approximate surface area is 162 Å². The maximum Gasteiger partial charge on any atom is 0.349 e. The van der Waals surface area contributed by atoms with Crippen molar-refractivity contribution in [3.8, 4) is 0 Å². The lowest BCUT2D eigenvalue weighted by molar-refractivity contribution is -0.132. The van der Waals surface area contributed by atoms with Crippen molar-refractivity contribution in [2.75, 3.05) is 0 Å². The fourth-order valence-corrected chi connectivity index (χ4v) is 3.18. The molecule has 2 heterocycles. The molecule has 6 heteroatoms. The molecule has 0 saturated heterocycles. The lowest BCUT2D eigenvalue weighted by Crippen LogP contribution is -2.45. The number of hydrogen-bond donors (Lipinski definition) is 1. The number of thiophene rings is 1. The maximum atomic E-state index is 13.0. The fourth-order valence-electron chi connectivity index (χ4n) is 2.58. The van der Waals surface area contributed by atoms with E-state index in [1.54, 1.807) is 29.8 Å². The van der Waals surface area contributed by atoms with Gasteiger partial charge in [0.15, 0.2) is 0 Å². The first kappa shape index (κ1) is 19.0. The molecule has 27 heavy (non-hydrogen) atoms. The van der Waals surface area contributed by atoms with Crippen molar-refractivity contribution in [1.29, 1.82) is 0 Å². The molecule has 3 aromatic rings. The lowest BCUT2D eigenvalue weighted by atomic mass is 10.00. The Bertz CT molecular complexity index is 951. The highest BCUT2D eigenvalue weighted by Crippen LogP contribution is 2.25. The number of aromatic nitrogens is 1. The first-order valence-electron chi connectivity index (χ1n) is 8.81. The minimum absolute atomic E-state index is 0.338. The van der Waals surface area contributed by atoms with Crippen LogP contribution >= 0.6 is 11.3 Å². The number of carbonyl (C=O) groups excluding carboxylic acids is 2. The summed E-state index contributed by atoms with van der Waals surface area (Å²) in [5, 5.41) is 5.66. The Morgan fingerprint density at radius 3 is 2.74 bits per heavy atom. The average Bonchev–Trinajstić information content (AvgIpc) is 3.20. The van der Waals surface area contributed by atoms with Crippen LogP contribution in [0.3, 0.4) is 0 Å². The second-order valence-electron chi connectivity index (χ2n) is 6.94. The summed E-state index contributed by atoms with van der Waals surface area (Å²) in [6.07, 6.45) is 1.44. The number of benzene rings is 1. The van der Waals surface area contributed by atoms with E-state index < -0.39 is 17.6 Å². The minimum Gasteiger partial charge on any atom is -0.443 e. The van der Waals surface area contributed by atoms with E-state index in [9.17, 15) is 9.59 Å². The van der Waals surface area contributed by atoms with Crippen molar-refractivity contribution in [2.45, 2.75) is 38.8 Å². The van der Waals surface area contributed by atoms with Gasteiger partial charge in [-0.25, -0.2) is 4.79 Å². The second kappa shape index (κ2) is 7.88. The number of ether oxygens (including phenoxy) is 1. The summed E-state index contributed by atoms with van der Waals surface area (Å²) in [7, 11) is 0. The SMILES string of the molecule is CCC(C)(C)NC(=O)C(OC(=O)c1cccs1)c1ccc2ncccc2c1. The molecule has 0 aliphatic rings. The molecule has 0 fully saturated rings. The molecule has 0 aliphatic carbocycles. The molecule has 1 atom stereocenters. The van der Waals surface area contributed by atoms with Gasteiger partial charge in [-0.3, -0.25) is 9.78 Å². The van der Waals surface area contributed by atoms with Crippen molar-refractivity contribution in [3.63, 3.8) is 0 Å². The molecule has 0 saturated carbocycles. The van der Waals surface area contributed by atoms with Crippen molar-refractivity contribution in [3.05, 3.63) is 64.5 Å². The maximum absolute atomic E-state index is 13.0. The van der Waals surface area contributed by atoms with E-state index in [1.165, 1.54) is 11.3 Å². The standard InChI is InChI=1S/C21H22N2O3S/c1-4-21(2,3)23-19(24)18(26-20(25)17-8-6-12-27-17)15-9-10-16-14(13-15)7-5-11-22-16/h5-13,18H,4H2,1-3H3,(H,23,24). The minimum atomic E-state index is -1.03. The van der Waals surface area contributed by atoms with Gasteiger partial charge in [-0.1, -0.05) is 25.1 Å². The molecular formula is C21H22N2O3S. The van der Waals surface area contributed by atoms with Gasteiger partial charge >= 0.3 is 5.97 Å². The van der Waals surface area contributed by atoms with Crippen molar-refractivity contribution in [2.24, 2.45) is 0 Å². The van der Waals surface area contributed by atoms with Crippen LogP contribution in [0.2, 0.25) is 0 Å². The normalized spacial score (nSPS) is 12.6. The number of fused-ring (bicyclic) bond motifs is 1. The van der Waals surface area contributed by atoms with Crippen LogP contribution in [0.1, 0.15) is 48.5 Å². The lowest BCUT2D eigenvalue weighted by Gasteiger charge is -2.27. The van der Waals surface area contributed by atoms with Crippen LogP contribution < -0.4 is 5.32 Å². The van der Waals surface area contributed by atoms with Gasteiger partial charge in [0.05, 0.1) is 5.52 Å². The zero-order valence-corrected chi connectivity index (χ0v) is 16.4. The Balaban J connectivity index is 1.94. The number of rotatable bonds is 6. The zero-order chi connectivity index (χ0) is 19.4. The average molecular weight is 382 g/mol. The zero-order valence-electron chi connectivity index (χ0n) is 15.6. The second-order valence-corrected chi connectivity index (χ2v) is 7.89. The monoisotopic (exact) mass is 382 g/mol. The molecule has 1 amide bonds. The third-order valence-corrected chi connectivity index (χ3v) is 5.31. The van der Waals surface area contributed by atoms with E-state index >= 15 is 0 Å². The highest BCUT2D eigenvalue weighted by atomic mass is 32.1. The Morgan fingerprint density at radius 1 is 1.22 bits per heavy atom. The third kappa shape index (κ3) is 4.52. The van der Waals surface area contributed by atoms with E-state index in [1.807, 2.05) is 45.0 Å². The largest absolute Gasteiger partial charge is 0.443 e. The van der Waals surface area contributed by atoms with Crippen LogP contribution in [0.15, 0.2) is 54.0 Å². The summed E-state index contributed by atoms with van der Waals surface area (Å²) in [5.41, 5.74) is 1.03. The summed E-state index contributed by atoms with van der Waals surface area (Å²) < 4.78 is 5.62. The van der Waals surface area contributed by atoms with Gasteiger partial charge in [0.1, 0.15) is 4.88 Å². The molecule has 1 aromatic carbocycles. The molecule has 2 aromatic heterocycles. The third-order valence-electron chi connectivity index (χ3n) is 4.46. The van der Waals surface area contributed by atoms with Crippen molar-refractivity contribution < 1.29 is 14.3 Å². The predicted molar refractivity (Wildman–Crippen MR) is 107 cm³/mol. The Morgan fingerprint density at radius 2 is 2.04 bits per heavy atom. The molecule has 140 valence electrons. The molecule has 0 bridgehead atoms. The van der Waals surface area contributed by atoms with E-state index in [0.29, 0.717) is 10.4 Å². The van der Waals surface area contributed by atoms with Gasteiger partial charge in [0.25, 0.3) is 5.91 Å². The highest BCUT2D eigenvalue weighted by molar-refractivity contribution is 7.11. The molecule has 5 nitrogen and oxygen atoms in total. The van der Waals surface area contributed by atoms with Crippen molar-refractivity contribution >= 4 is 34.1 Å². The highest BCUT2D eigenvalue weighted by Gasteiger charge is 2.30. The van der Waals surface area contributed by atoms with E-state index in [-0.39, 0.29) is 5.91 Å². The number of nitrogens with zero attached hydrogens (tertiary/aromatic N) is 1. The predicted octanol–water partition coefficient (Wildman–Crippen LogP) is 4.50.